The molecule has 2 atom stereocenters. The highest BCUT2D eigenvalue weighted by molar-refractivity contribution is 5.94. The number of hydrogen-bond donors (Lipinski definition) is 1. The van der Waals surface area contributed by atoms with Gasteiger partial charge in [0.25, 0.3) is 5.91 Å². The van der Waals surface area contributed by atoms with Gasteiger partial charge >= 0.3 is 6.18 Å². The van der Waals surface area contributed by atoms with Gasteiger partial charge in [-0.2, -0.15) is 13.2 Å². The van der Waals surface area contributed by atoms with Crippen LogP contribution in [0.3, 0.4) is 0 Å². The zero-order valence-electron chi connectivity index (χ0n) is 11.3. The molecular weight excluding hydrogens is 267 g/mol. The third kappa shape index (κ3) is 3.74. The van der Waals surface area contributed by atoms with Crippen LogP contribution in [0.5, 0.6) is 0 Å². The van der Waals surface area contributed by atoms with Gasteiger partial charge in [0.2, 0.25) is 0 Å². The summed E-state index contributed by atoms with van der Waals surface area (Å²) in [5.41, 5.74) is -0.462. The Hall–Kier alpha value is -1.52. The van der Waals surface area contributed by atoms with Gasteiger partial charge in [-0.05, 0) is 43.0 Å². The second-order valence-electron chi connectivity index (χ2n) is 5.52. The van der Waals surface area contributed by atoms with Crippen molar-refractivity contribution in [2.24, 2.45) is 5.92 Å². The summed E-state index contributed by atoms with van der Waals surface area (Å²) in [4.78, 5) is 12.0. The van der Waals surface area contributed by atoms with Crippen molar-refractivity contribution in [2.75, 3.05) is 0 Å². The van der Waals surface area contributed by atoms with E-state index in [4.69, 9.17) is 0 Å². The van der Waals surface area contributed by atoms with Crippen LogP contribution < -0.4 is 5.32 Å². The van der Waals surface area contributed by atoms with Crippen molar-refractivity contribution in [1.29, 1.82) is 0 Å². The smallest absolute Gasteiger partial charge is 0.349 e. The molecule has 20 heavy (non-hydrogen) atoms. The fourth-order valence-electron chi connectivity index (χ4n) is 2.64. The lowest BCUT2D eigenvalue weighted by Gasteiger charge is -2.27. The lowest BCUT2D eigenvalue weighted by atomic mass is 9.87. The molecule has 110 valence electrons. The minimum absolute atomic E-state index is 0.133. The Kier molecular flexibility index (Phi) is 4.35. The van der Waals surface area contributed by atoms with Crippen LogP contribution in [-0.4, -0.2) is 11.9 Å². The first-order valence-corrected chi connectivity index (χ1v) is 6.84. The van der Waals surface area contributed by atoms with E-state index in [0.29, 0.717) is 5.92 Å². The summed E-state index contributed by atoms with van der Waals surface area (Å²) in [6.07, 6.45) is -0.233. The second-order valence-corrected chi connectivity index (χ2v) is 5.52. The van der Waals surface area contributed by atoms with Crippen LogP contribution in [0.4, 0.5) is 13.2 Å². The molecule has 1 saturated carbocycles. The molecule has 1 aliphatic rings. The Morgan fingerprint density at radius 2 is 1.85 bits per heavy atom. The molecule has 1 N–H and O–H groups in total. The largest absolute Gasteiger partial charge is 0.416 e. The molecular formula is C15H18F3NO. The number of benzene rings is 1. The van der Waals surface area contributed by atoms with Crippen LogP contribution in [-0.2, 0) is 6.18 Å². The van der Waals surface area contributed by atoms with Gasteiger partial charge < -0.3 is 5.32 Å². The number of carbonyl (C=O) groups excluding carboxylic acids is 1. The number of rotatable bonds is 2. The summed E-state index contributed by atoms with van der Waals surface area (Å²) < 4.78 is 37.3. The van der Waals surface area contributed by atoms with Crippen molar-refractivity contribution in [2.45, 2.75) is 44.8 Å². The second kappa shape index (κ2) is 5.85. The number of halogens is 3. The SMILES string of the molecule is CC1CCCC(NC(=O)c2ccc(C(F)(F)F)cc2)C1. The fourth-order valence-corrected chi connectivity index (χ4v) is 2.64. The van der Waals surface area contributed by atoms with Crippen molar-refractivity contribution in [1.82, 2.24) is 5.32 Å². The molecule has 0 radical (unpaired) electrons. The van der Waals surface area contributed by atoms with E-state index in [1.807, 2.05) is 0 Å². The maximum absolute atomic E-state index is 12.4. The van der Waals surface area contributed by atoms with Gasteiger partial charge in [0, 0.05) is 11.6 Å². The Bertz CT molecular complexity index is 467. The third-order valence-corrected chi connectivity index (χ3v) is 3.75. The van der Waals surface area contributed by atoms with E-state index in [1.54, 1.807) is 0 Å². The molecule has 0 heterocycles. The molecule has 5 heteroatoms. The van der Waals surface area contributed by atoms with E-state index in [9.17, 15) is 18.0 Å². The summed E-state index contributed by atoms with van der Waals surface area (Å²) in [5.74, 6) is 0.291. The van der Waals surface area contributed by atoms with Crippen molar-refractivity contribution in [3.63, 3.8) is 0 Å². The summed E-state index contributed by atoms with van der Waals surface area (Å²) in [7, 11) is 0. The first-order chi connectivity index (χ1) is 9.36. The Morgan fingerprint density at radius 3 is 2.40 bits per heavy atom. The number of hydrogen-bond acceptors (Lipinski definition) is 1. The fraction of sp³-hybridized carbons (Fsp3) is 0.533. The van der Waals surface area contributed by atoms with Crippen LogP contribution in [0, 0.1) is 5.92 Å². The molecule has 1 fully saturated rings. The molecule has 1 aliphatic carbocycles. The minimum Gasteiger partial charge on any atom is -0.349 e. The molecule has 1 amide bonds. The minimum atomic E-state index is -4.37. The molecule has 0 aromatic heterocycles. The lowest BCUT2D eigenvalue weighted by molar-refractivity contribution is -0.137. The number of alkyl halides is 3. The third-order valence-electron chi connectivity index (χ3n) is 3.75. The van der Waals surface area contributed by atoms with Gasteiger partial charge in [0.1, 0.15) is 0 Å². The van der Waals surface area contributed by atoms with Crippen LogP contribution in [0.1, 0.15) is 48.5 Å². The highest BCUT2D eigenvalue weighted by Gasteiger charge is 2.30. The molecule has 0 bridgehead atoms. The zero-order chi connectivity index (χ0) is 14.8. The van der Waals surface area contributed by atoms with E-state index in [2.05, 4.69) is 12.2 Å². The molecule has 2 rings (SSSR count). The van der Waals surface area contributed by atoms with E-state index in [-0.39, 0.29) is 17.5 Å². The van der Waals surface area contributed by atoms with Crippen molar-refractivity contribution in [3.8, 4) is 0 Å². The highest BCUT2D eigenvalue weighted by Crippen LogP contribution is 2.29. The van der Waals surface area contributed by atoms with Gasteiger partial charge in [0.15, 0.2) is 0 Å². The summed E-state index contributed by atoms with van der Waals surface area (Å²) in [6.45, 7) is 2.15. The summed E-state index contributed by atoms with van der Waals surface area (Å²) in [5, 5.41) is 2.90. The normalized spacial score (nSPS) is 23.4. The van der Waals surface area contributed by atoms with Crippen LogP contribution in [0.2, 0.25) is 0 Å². The van der Waals surface area contributed by atoms with Gasteiger partial charge in [0.05, 0.1) is 5.56 Å². The average Bonchev–Trinajstić information content (AvgIpc) is 2.38. The van der Waals surface area contributed by atoms with Crippen LogP contribution in [0.15, 0.2) is 24.3 Å². The van der Waals surface area contributed by atoms with Crippen LogP contribution in [0.25, 0.3) is 0 Å². The molecule has 0 saturated heterocycles. The number of amides is 1. The van der Waals surface area contributed by atoms with Crippen molar-refractivity contribution >= 4 is 5.91 Å². The zero-order valence-corrected chi connectivity index (χ0v) is 11.3. The molecule has 1 aromatic carbocycles. The summed E-state index contributed by atoms with van der Waals surface area (Å²) in [6, 6.07) is 4.47. The standard InChI is InChI=1S/C15H18F3NO/c1-10-3-2-4-13(9-10)19-14(20)11-5-7-12(8-6-11)15(16,17)18/h5-8,10,13H,2-4,9H2,1H3,(H,19,20). The number of carbonyl (C=O) groups is 1. The Morgan fingerprint density at radius 1 is 1.20 bits per heavy atom. The number of nitrogens with one attached hydrogen (secondary N) is 1. The van der Waals surface area contributed by atoms with Gasteiger partial charge in [-0.15, -0.1) is 0 Å². The van der Waals surface area contributed by atoms with Crippen LogP contribution >= 0.6 is 0 Å². The molecule has 2 unspecified atom stereocenters. The maximum atomic E-state index is 12.4. The topological polar surface area (TPSA) is 29.1 Å². The molecule has 0 aliphatic heterocycles. The molecule has 2 nitrogen and oxygen atoms in total. The first kappa shape index (κ1) is 14.9. The van der Waals surface area contributed by atoms with E-state index in [1.165, 1.54) is 18.6 Å². The highest BCUT2D eigenvalue weighted by atomic mass is 19.4. The van der Waals surface area contributed by atoms with Crippen molar-refractivity contribution < 1.29 is 18.0 Å². The summed E-state index contributed by atoms with van der Waals surface area (Å²) >= 11 is 0. The lowest BCUT2D eigenvalue weighted by Crippen LogP contribution is -2.37. The molecule has 0 spiro atoms. The van der Waals surface area contributed by atoms with Gasteiger partial charge in [-0.25, -0.2) is 0 Å². The first-order valence-electron chi connectivity index (χ1n) is 6.84. The van der Waals surface area contributed by atoms with Gasteiger partial charge in [-0.1, -0.05) is 19.8 Å². The van der Waals surface area contributed by atoms with Crippen molar-refractivity contribution in [3.05, 3.63) is 35.4 Å². The average molecular weight is 285 g/mol. The monoisotopic (exact) mass is 285 g/mol. The van der Waals surface area contributed by atoms with Gasteiger partial charge in [-0.3, -0.25) is 4.79 Å². The van der Waals surface area contributed by atoms with E-state index < -0.39 is 11.7 Å². The quantitative estimate of drug-likeness (QED) is 0.874. The predicted octanol–water partition coefficient (Wildman–Crippen LogP) is 4.01. The molecule has 1 aromatic rings. The predicted molar refractivity (Wildman–Crippen MR) is 70.3 cm³/mol. The maximum Gasteiger partial charge on any atom is 0.416 e. The van der Waals surface area contributed by atoms with E-state index >= 15 is 0 Å². The van der Waals surface area contributed by atoms with E-state index in [0.717, 1.165) is 31.4 Å². The Balaban J connectivity index is 1.99. The Labute approximate surface area is 116 Å².